The van der Waals surface area contributed by atoms with Crippen LogP contribution in [0.1, 0.15) is 0 Å². The second kappa shape index (κ2) is 7.75. The third-order valence-electron chi connectivity index (χ3n) is 5.05. The maximum Gasteiger partial charge on any atom is 0.266 e. The van der Waals surface area contributed by atoms with Crippen molar-refractivity contribution in [3.63, 3.8) is 0 Å². The molecule has 1 aliphatic heterocycles. The molecule has 0 spiro atoms. The Morgan fingerprint density at radius 2 is 1.89 bits per heavy atom. The van der Waals surface area contributed by atoms with E-state index < -0.39 is 0 Å². The highest BCUT2D eigenvalue weighted by Crippen LogP contribution is 2.29. The van der Waals surface area contributed by atoms with Gasteiger partial charge in [-0.1, -0.05) is 0 Å². The van der Waals surface area contributed by atoms with Crippen LogP contribution in [0.15, 0.2) is 53.6 Å². The monoisotopic (exact) mass is 365 g/mol. The Morgan fingerprint density at radius 3 is 2.67 bits per heavy atom. The number of anilines is 1. The van der Waals surface area contributed by atoms with Crippen LogP contribution in [0, 0.1) is 0 Å². The van der Waals surface area contributed by atoms with Crippen molar-refractivity contribution in [1.29, 1.82) is 0 Å². The van der Waals surface area contributed by atoms with Crippen LogP contribution in [-0.4, -0.2) is 59.5 Å². The summed E-state index contributed by atoms with van der Waals surface area (Å²) < 4.78 is 6.90. The maximum atomic E-state index is 11.8. The van der Waals surface area contributed by atoms with E-state index >= 15 is 0 Å². The lowest BCUT2D eigenvalue weighted by molar-refractivity contribution is 0.243. The molecule has 1 saturated heterocycles. The molecular weight excluding hydrogens is 342 g/mol. The number of fused-ring (bicyclic) bond motifs is 1. The first-order valence-corrected chi connectivity index (χ1v) is 9.17. The first-order chi connectivity index (χ1) is 13.2. The van der Waals surface area contributed by atoms with Crippen molar-refractivity contribution in [3.05, 3.63) is 59.1 Å². The minimum absolute atomic E-state index is 0.0478. The lowest BCUT2D eigenvalue weighted by Crippen LogP contribution is -2.47. The summed E-state index contributed by atoms with van der Waals surface area (Å²) in [6, 6.07) is 11.3. The molecule has 0 bridgehead atoms. The first kappa shape index (κ1) is 17.5. The molecule has 0 amide bonds. The van der Waals surface area contributed by atoms with E-state index in [1.54, 1.807) is 25.4 Å². The maximum absolute atomic E-state index is 11.8. The number of rotatable bonds is 5. The van der Waals surface area contributed by atoms with E-state index in [-0.39, 0.29) is 5.56 Å². The SMILES string of the molecule is COc1ccc2nccc(N3CCN(CCn4ncccc4=O)CC3)c2c1. The number of hydrogen-bond donors (Lipinski definition) is 0. The number of methoxy groups -OCH3 is 1. The molecule has 140 valence electrons. The Bertz CT molecular complexity index is 979. The summed E-state index contributed by atoms with van der Waals surface area (Å²) in [6.07, 6.45) is 3.52. The van der Waals surface area contributed by atoms with Gasteiger partial charge < -0.3 is 9.64 Å². The van der Waals surface area contributed by atoms with Crippen LogP contribution in [0.25, 0.3) is 10.9 Å². The van der Waals surface area contributed by atoms with Crippen LogP contribution >= 0.6 is 0 Å². The van der Waals surface area contributed by atoms with Gasteiger partial charge in [0.05, 0.1) is 19.2 Å². The summed E-state index contributed by atoms with van der Waals surface area (Å²) in [5, 5.41) is 5.24. The standard InChI is InChI=1S/C20H23N5O2/c1-27-16-4-5-18-17(15-16)19(6-8-21-18)24-12-9-23(10-13-24)11-14-25-20(26)3-2-7-22-25/h2-8,15H,9-14H2,1H3. The minimum Gasteiger partial charge on any atom is -0.497 e. The molecule has 1 fully saturated rings. The van der Waals surface area contributed by atoms with Crippen molar-refractivity contribution in [2.24, 2.45) is 0 Å². The normalized spacial score (nSPS) is 15.2. The Hall–Kier alpha value is -2.93. The minimum atomic E-state index is -0.0478. The van der Waals surface area contributed by atoms with Gasteiger partial charge in [-0.05, 0) is 30.3 Å². The molecule has 0 N–H and O–H groups in total. The molecular formula is C20H23N5O2. The average molecular weight is 365 g/mol. The van der Waals surface area contributed by atoms with Gasteiger partial charge in [-0.2, -0.15) is 5.10 Å². The van der Waals surface area contributed by atoms with Crippen molar-refractivity contribution >= 4 is 16.6 Å². The Kier molecular flexibility index (Phi) is 5.02. The second-order valence-electron chi connectivity index (χ2n) is 6.63. The van der Waals surface area contributed by atoms with Crippen molar-refractivity contribution in [1.82, 2.24) is 19.7 Å². The van der Waals surface area contributed by atoms with Crippen molar-refractivity contribution in [2.75, 3.05) is 44.7 Å². The van der Waals surface area contributed by atoms with Crippen LogP contribution in [-0.2, 0) is 6.54 Å². The number of nitrogens with zero attached hydrogens (tertiary/aromatic N) is 5. The van der Waals surface area contributed by atoms with Crippen LogP contribution in [0.5, 0.6) is 5.75 Å². The Balaban J connectivity index is 1.43. The predicted molar refractivity (Wildman–Crippen MR) is 105 cm³/mol. The molecule has 7 heteroatoms. The zero-order valence-corrected chi connectivity index (χ0v) is 15.4. The van der Waals surface area contributed by atoms with E-state index in [1.807, 2.05) is 18.3 Å². The summed E-state index contributed by atoms with van der Waals surface area (Å²) in [6.45, 7) is 5.23. The lowest BCUT2D eigenvalue weighted by atomic mass is 10.1. The van der Waals surface area contributed by atoms with Gasteiger partial charge in [-0.25, -0.2) is 4.68 Å². The van der Waals surface area contributed by atoms with Crippen LogP contribution in [0.2, 0.25) is 0 Å². The van der Waals surface area contributed by atoms with Crippen molar-refractivity contribution in [2.45, 2.75) is 6.54 Å². The van der Waals surface area contributed by atoms with Gasteiger partial charge in [-0.3, -0.25) is 14.7 Å². The zero-order valence-electron chi connectivity index (χ0n) is 15.4. The Morgan fingerprint density at radius 1 is 1.04 bits per heavy atom. The summed E-state index contributed by atoms with van der Waals surface area (Å²) >= 11 is 0. The third-order valence-corrected chi connectivity index (χ3v) is 5.05. The van der Waals surface area contributed by atoms with Crippen LogP contribution in [0.3, 0.4) is 0 Å². The van der Waals surface area contributed by atoms with E-state index in [2.05, 4.69) is 32.0 Å². The molecule has 7 nitrogen and oxygen atoms in total. The van der Waals surface area contributed by atoms with Gasteiger partial charge in [0.15, 0.2) is 0 Å². The molecule has 1 aromatic carbocycles. The van der Waals surface area contributed by atoms with E-state index in [4.69, 9.17) is 4.74 Å². The van der Waals surface area contributed by atoms with E-state index in [9.17, 15) is 4.79 Å². The quantitative estimate of drug-likeness (QED) is 0.685. The fraction of sp³-hybridized carbons (Fsp3) is 0.350. The largest absolute Gasteiger partial charge is 0.497 e. The molecule has 0 saturated carbocycles. The lowest BCUT2D eigenvalue weighted by Gasteiger charge is -2.36. The summed E-state index contributed by atoms with van der Waals surface area (Å²) in [4.78, 5) is 21.0. The number of piperazine rings is 1. The fourth-order valence-corrected chi connectivity index (χ4v) is 3.52. The highest BCUT2D eigenvalue weighted by molar-refractivity contribution is 5.92. The molecule has 0 unspecified atom stereocenters. The summed E-state index contributed by atoms with van der Waals surface area (Å²) in [5.74, 6) is 0.844. The average Bonchev–Trinajstić information content (AvgIpc) is 2.73. The molecule has 3 aromatic rings. The van der Waals surface area contributed by atoms with E-state index in [0.717, 1.165) is 49.4 Å². The summed E-state index contributed by atoms with van der Waals surface area (Å²) in [5.41, 5.74) is 2.12. The molecule has 0 atom stereocenters. The molecule has 2 aromatic heterocycles. The molecule has 0 radical (unpaired) electrons. The van der Waals surface area contributed by atoms with Gasteiger partial charge in [0.25, 0.3) is 5.56 Å². The van der Waals surface area contributed by atoms with Gasteiger partial charge in [0.1, 0.15) is 5.75 Å². The fourth-order valence-electron chi connectivity index (χ4n) is 3.52. The second-order valence-corrected chi connectivity index (χ2v) is 6.63. The smallest absolute Gasteiger partial charge is 0.266 e. The van der Waals surface area contributed by atoms with Crippen molar-refractivity contribution in [3.8, 4) is 5.75 Å². The molecule has 3 heterocycles. The zero-order chi connectivity index (χ0) is 18.6. The molecule has 4 rings (SSSR count). The van der Waals surface area contributed by atoms with Gasteiger partial charge >= 0.3 is 0 Å². The summed E-state index contributed by atoms with van der Waals surface area (Å²) in [7, 11) is 1.68. The number of aromatic nitrogens is 3. The number of ether oxygens (including phenoxy) is 1. The molecule has 0 aliphatic carbocycles. The number of hydrogen-bond acceptors (Lipinski definition) is 6. The third kappa shape index (κ3) is 3.78. The Labute approximate surface area is 157 Å². The highest BCUT2D eigenvalue weighted by atomic mass is 16.5. The number of benzene rings is 1. The van der Waals surface area contributed by atoms with Gasteiger partial charge in [0, 0.05) is 62.3 Å². The van der Waals surface area contributed by atoms with E-state index in [0.29, 0.717) is 6.54 Å². The highest BCUT2D eigenvalue weighted by Gasteiger charge is 2.19. The van der Waals surface area contributed by atoms with Gasteiger partial charge in [0.2, 0.25) is 0 Å². The predicted octanol–water partition coefficient (Wildman–Crippen LogP) is 1.62. The number of pyridine rings is 1. The van der Waals surface area contributed by atoms with Gasteiger partial charge in [-0.15, -0.1) is 0 Å². The van der Waals surface area contributed by atoms with Crippen LogP contribution in [0.4, 0.5) is 5.69 Å². The first-order valence-electron chi connectivity index (χ1n) is 9.17. The molecule has 27 heavy (non-hydrogen) atoms. The van der Waals surface area contributed by atoms with E-state index in [1.165, 1.54) is 10.4 Å². The van der Waals surface area contributed by atoms with Crippen molar-refractivity contribution < 1.29 is 4.74 Å². The molecule has 1 aliphatic rings. The van der Waals surface area contributed by atoms with Crippen LogP contribution < -0.4 is 15.2 Å². The topological polar surface area (TPSA) is 63.5 Å².